The van der Waals surface area contributed by atoms with Crippen LogP contribution in [-0.4, -0.2) is 37.2 Å². The summed E-state index contributed by atoms with van der Waals surface area (Å²) in [6.07, 6.45) is 0.971. The molecule has 0 aromatic carbocycles. The first-order valence-corrected chi connectivity index (χ1v) is 4.32. The zero-order chi connectivity index (χ0) is 8.60. The summed E-state index contributed by atoms with van der Waals surface area (Å²) in [4.78, 5) is 11.1. The van der Waals surface area contributed by atoms with Gasteiger partial charge in [-0.1, -0.05) is 0 Å². The lowest BCUT2D eigenvalue weighted by Crippen LogP contribution is -2.58. The molecule has 2 N–H and O–H groups in total. The van der Waals surface area contributed by atoms with Gasteiger partial charge in [-0.2, -0.15) is 0 Å². The lowest BCUT2D eigenvalue weighted by molar-refractivity contribution is -0.134. The maximum atomic E-state index is 11.1. The second-order valence-corrected chi connectivity index (χ2v) is 3.81. The molecule has 1 spiro atoms. The maximum absolute atomic E-state index is 11.1. The Labute approximate surface area is 83.8 Å². The smallest absolute Gasteiger partial charge is 0.246 e. The standard InChI is InChI=1S/C8H14N2O2.ClH/c1-6-2-8(4-9-6)5-12-3-7(11)10-8;/h6,9H,2-5H2,1H3,(H,10,11);1H. The molecular weight excluding hydrogens is 192 g/mol. The number of ether oxygens (including phenoxy) is 1. The van der Waals surface area contributed by atoms with E-state index < -0.39 is 0 Å². The molecule has 0 bridgehead atoms. The van der Waals surface area contributed by atoms with E-state index in [9.17, 15) is 4.79 Å². The van der Waals surface area contributed by atoms with Crippen molar-refractivity contribution in [3.05, 3.63) is 0 Å². The van der Waals surface area contributed by atoms with Crippen LogP contribution in [0.4, 0.5) is 0 Å². The molecule has 0 aromatic rings. The van der Waals surface area contributed by atoms with E-state index >= 15 is 0 Å². The topological polar surface area (TPSA) is 50.4 Å². The molecule has 2 fully saturated rings. The van der Waals surface area contributed by atoms with Crippen LogP contribution in [0.25, 0.3) is 0 Å². The molecule has 2 heterocycles. The van der Waals surface area contributed by atoms with Crippen molar-refractivity contribution in [1.82, 2.24) is 10.6 Å². The highest BCUT2D eigenvalue weighted by Crippen LogP contribution is 2.21. The minimum atomic E-state index is -0.116. The highest BCUT2D eigenvalue weighted by atomic mass is 35.5. The highest BCUT2D eigenvalue weighted by molar-refractivity contribution is 5.85. The summed E-state index contributed by atoms with van der Waals surface area (Å²) in [7, 11) is 0. The molecule has 2 rings (SSSR count). The van der Waals surface area contributed by atoms with Crippen molar-refractivity contribution in [2.45, 2.75) is 24.9 Å². The minimum Gasteiger partial charge on any atom is -0.369 e. The van der Waals surface area contributed by atoms with Crippen LogP contribution in [0.2, 0.25) is 0 Å². The molecule has 2 saturated heterocycles. The SMILES string of the molecule is CC1CC2(CN1)COCC(=O)N2.Cl. The highest BCUT2D eigenvalue weighted by Gasteiger charge is 2.41. The molecule has 2 aliphatic heterocycles. The van der Waals surface area contributed by atoms with Gasteiger partial charge in [-0.05, 0) is 13.3 Å². The normalized spacial score (nSPS) is 38.5. The van der Waals surface area contributed by atoms with E-state index in [2.05, 4.69) is 17.6 Å². The molecule has 0 radical (unpaired) electrons. The molecule has 1 amide bonds. The van der Waals surface area contributed by atoms with Crippen molar-refractivity contribution in [2.24, 2.45) is 0 Å². The average Bonchev–Trinajstić information content (AvgIpc) is 2.32. The van der Waals surface area contributed by atoms with Gasteiger partial charge in [0.2, 0.25) is 5.91 Å². The first kappa shape index (κ1) is 10.8. The van der Waals surface area contributed by atoms with Crippen molar-refractivity contribution < 1.29 is 9.53 Å². The quantitative estimate of drug-likeness (QED) is 0.571. The van der Waals surface area contributed by atoms with Crippen LogP contribution in [-0.2, 0) is 9.53 Å². The van der Waals surface area contributed by atoms with E-state index in [0.29, 0.717) is 12.6 Å². The van der Waals surface area contributed by atoms with E-state index in [0.717, 1.165) is 13.0 Å². The third-order valence-corrected chi connectivity index (χ3v) is 2.50. The summed E-state index contributed by atoms with van der Waals surface area (Å²) in [5, 5.41) is 6.30. The predicted molar refractivity (Wildman–Crippen MR) is 51.0 cm³/mol. The van der Waals surface area contributed by atoms with Crippen molar-refractivity contribution in [3.63, 3.8) is 0 Å². The molecule has 5 heteroatoms. The molecule has 2 unspecified atom stereocenters. The third kappa shape index (κ3) is 2.13. The zero-order valence-corrected chi connectivity index (χ0v) is 8.45. The van der Waals surface area contributed by atoms with Gasteiger partial charge in [-0.25, -0.2) is 0 Å². The first-order valence-electron chi connectivity index (χ1n) is 4.32. The van der Waals surface area contributed by atoms with Crippen LogP contribution in [0, 0.1) is 0 Å². The van der Waals surface area contributed by atoms with E-state index in [1.807, 2.05) is 0 Å². The number of carbonyl (C=O) groups is 1. The van der Waals surface area contributed by atoms with Crippen LogP contribution in [0.3, 0.4) is 0 Å². The molecular formula is C8H15ClN2O2. The number of carbonyl (C=O) groups excluding carboxylic acids is 1. The van der Waals surface area contributed by atoms with Gasteiger partial charge in [0.25, 0.3) is 0 Å². The van der Waals surface area contributed by atoms with Crippen molar-refractivity contribution in [3.8, 4) is 0 Å². The fourth-order valence-corrected chi connectivity index (χ4v) is 2.01. The molecule has 76 valence electrons. The van der Waals surface area contributed by atoms with E-state index in [4.69, 9.17) is 4.74 Å². The number of hydrogen-bond acceptors (Lipinski definition) is 3. The Hall–Kier alpha value is -0.320. The summed E-state index contributed by atoms with van der Waals surface area (Å²) in [6.45, 7) is 3.82. The number of morpholine rings is 1. The first-order chi connectivity index (χ1) is 5.70. The second-order valence-electron chi connectivity index (χ2n) is 3.81. The van der Waals surface area contributed by atoms with Crippen molar-refractivity contribution in [2.75, 3.05) is 19.8 Å². The van der Waals surface area contributed by atoms with Crippen LogP contribution < -0.4 is 10.6 Å². The Bertz CT molecular complexity index is 208. The monoisotopic (exact) mass is 206 g/mol. The van der Waals surface area contributed by atoms with Crippen LogP contribution in [0.5, 0.6) is 0 Å². The van der Waals surface area contributed by atoms with Crippen molar-refractivity contribution >= 4 is 18.3 Å². The van der Waals surface area contributed by atoms with E-state index in [-0.39, 0.29) is 30.5 Å². The van der Waals surface area contributed by atoms with Gasteiger partial charge in [0.05, 0.1) is 12.1 Å². The lowest BCUT2D eigenvalue weighted by atomic mass is 9.96. The van der Waals surface area contributed by atoms with E-state index in [1.165, 1.54) is 0 Å². The van der Waals surface area contributed by atoms with Gasteiger partial charge in [-0.3, -0.25) is 4.79 Å². The van der Waals surface area contributed by atoms with Gasteiger partial charge in [0.1, 0.15) is 6.61 Å². The number of hydrogen-bond donors (Lipinski definition) is 2. The fraction of sp³-hybridized carbons (Fsp3) is 0.875. The summed E-state index contributed by atoms with van der Waals surface area (Å²) < 4.78 is 5.22. The van der Waals surface area contributed by atoms with Crippen LogP contribution in [0.15, 0.2) is 0 Å². The van der Waals surface area contributed by atoms with Crippen LogP contribution in [0.1, 0.15) is 13.3 Å². The summed E-state index contributed by atoms with van der Waals surface area (Å²) >= 11 is 0. The molecule has 0 saturated carbocycles. The summed E-state index contributed by atoms with van der Waals surface area (Å²) in [6, 6.07) is 0.479. The average molecular weight is 207 g/mol. The Morgan fingerprint density at radius 1 is 1.62 bits per heavy atom. The predicted octanol–water partition coefficient (Wildman–Crippen LogP) is -0.325. The summed E-state index contributed by atoms with van der Waals surface area (Å²) in [5.41, 5.74) is -0.116. The van der Waals surface area contributed by atoms with Gasteiger partial charge in [0.15, 0.2) is 0 Å². The Morgan fingerprint density at radius 2 is 2.38 bits per heavy atom. The van der Waals surface area contributed by atoms with Gasteiger partial charge in [0, 0.05) is 12.6 Å². The van der Waals surface area contributed by atoms with Gasteiger partial charge >= 0.3 is 0 Å². The molecule has 2 aliphatic rings. The van der Waals surface area contributed by atoms with E-state index in [1.54, 1.807) is 0 Å². The summed E-state index contributed by atoms with van der Waals surface area (Å²) in [5.74, 6) is 0.0113. The Kier molecular flexibility index (Phi) is 3.16. The van der Waals surface area contributed by atoms with Gasteiger partial charge < -0.3 is 15.4 Å². The molecule has 0 aliphatic carbocycles. The lowest BCUT2D eigenvalue weighted by Gasteiger charge is -2.33. The Balaban J connectivity index is 0.000000845. The molecule has 0 aromatic heterocycles. The minimum absolute atomic E-state index is 0. The molecule has 4 nitrogen and oxygen atoms in total. The Morgan fingerprint density at radius 3 is 2.92 bits per heavy atom. The number of amides is 1. The number of halogens is 1. The second kappa shape index (κ2) is 3.82. The van der Waals surface area contributed by atoms with Crippen LogP contribution >= 0.6 is 12.4 Å². The largest absolute Gasteiger partial charge is 0.369 e. The van der Waals surface area contributed by atoms with Crippen molar-refractivity contribution in [1.29, 1.82) is 0 Å². The molecule has 13 heavy (non-hydrogen) atoms. The van der Waals surface area contributed by atoms with Gasteiger partial charge in [-0.15, -0.1) is 12.4 Å². The molecule has 2 atom stereocenters. The third-order valence-electron chi connectivity index (χ3n) is 2.50. The number of nitrogens with one attached hydrogen (secondary N) is 2. The number of rotatable bonds is 0. The fourth-order valence-electron chi connectivity index (χ4n) is 2.01. The zero-order valence-electron chi connectivity index (χ0n) is 7.63. The maximum Gasteiger partial charge on any atom is 0.246 e.